The highest BCUT2D eigenvalue weighted by molar-refractivity contribution is 7.93. The third-order valence-electron chi connectivity index (χ3n) is 4.56. The predicted molar refractivity (Wildman–Crippen MR) is 105 cm³/mol. The number of methoxy groups -OCH3 is 1. The van der Waals surface area contributed by atoms with Crippen LogP contribution < -0.4 is 4.74 Å². The van der Waals surface area contributed by atoms with Crippen LogP contribution in [0.5, 0.6) is 5.75 Å². The number of halogens is 1. The summed E-state index contributed by atoms with van der Waals surface area (Å²) >= 11 is 5.81. The quantitative estimate of drug-likeness (QED) is 0.540. The van der Waals surface area contributed by atoms with Gasteiger partial charge in [0.25, 0.3) is 0 Å². The van der Waals surface area contributed by atoms with E-state index in [1.54, 1.807) is 19.2 Å². The van der Waals surface area contributed by atoms with Crippen molar-refractivity contribution in [2.75, 3.05) is 7.11 Å². The molecule has 0 amide bonds. The van der Waals surface area contributed by atoms with Crippen molar-refractivity contribution in [1.82, 2.24) is 4.90 Å². The van der Waals surface area contributed by atoms with Gasteiger partial charge in [-0.25, -0.2) is 8.42 Å². The molecule has 2 aromatic rings. The van der Waals surface area contributed by atoms with Gasteiger partial charge in [0, 0.05) is 12.7 Å². The van der Waals surface area contributed by atoms with Crippen LogP contribution >= 0.6 is 11.6 Å². The number of aldehydes is 1. The van der Waals surface area contributed by atoms with Crippen LogP contribution in [-0.2, 0) is 21.2 Å². The smallest absolute Gasteiger partial charge is 0.194 e. The molecule has 1 aliphatic rings. The van der Waals surface area contributed by atoms with E-state index in [9.17, 15) is 13.2 Å². The fourth-order valence-corrected chi connectivity index (χ4v) is 4.32. The molecule has 0 saturated carbocycles. The lowest BCUT2D eigenvalue weighted by Crippen LogP contribution is -2.27. The molecule has 1 aliphatic heterocycles. The normalized spacial score (nSPS) is 17.3. The van der Waals surface area contributed by atoms with Crippen LogP contribution in [0.15, 0.2) is 53.6 Å². The van der Waals surface area contributed by atoms with Crippen molar-refractivity contribution in [3.63, 3.8) is 0 Å². The first-order chi connectivity index (χ1) is 12.9. The van der Waals surface area contributed by atoms with Crippen molar-refractivity contribution >= 4 is 33.8 Å². The van der Waals surface area contributed by atoms with Gasteiger partial charge in [0.1, 0.15) is 22.8 Å². The average Bonchev–Trinajstić information content (AvgIpc) is 2.67. The van der Waals surface area contributed by atoms with E-state index in [1.807, 2.05) is 41.4 Å². The Labute approximate surface area is 164 Å². The second-order valence-corrected chi connectivity index (χ2v) is 9.48. The van der Waals surface area contributed by atoms with Crippen molar-refractivity contribution in [1.29, 1.82) is 0 Å². The van der Waals surface area contributed by atoms with Crippen LogP contribution in [-0.4, -0.2) is 31.4 Å². The number of nitrogens with zero attached hydrogens (tertiary/aromatic N) is 1. The summed E-state index contributed by atoms with van der Waals surface area (Å²) in [5.74, 6) is 0.681. The van der Waals surface area contributed by atoms with Gasteiger partial charge in [-0.1, -0.05) is 18.2 Å². The second kappa shape index (κ2) is 7.74. The van der Waals surface area contributed by atoms with E-state index in [-0.39, 0.29) is 4.90 Å². The highest BCUT2D eigenvalue weighted by Gasteiger charge is 2.25. The first-order valence-electron chi connectivity index (χ1n) is 8.41. The van der Waals surface area contributed by atoms with Gasteiger partial charge in [-0.05, 0) is 54.0 Å². The van der Waals surface area contributed by atoms with Gasteiger partial charge >= 0.3 is 0 Å². The van der Waals surface area contributed by atoms with Gasteiger partial charge < -0.3 is 14.4 Å². The van der Waals surface area contributed by atoms with E-state index in [2.05, 4.69) is 0 Å². The number of carbonyl (C=O) groups is 1. The summed E-state index contributed by atoms with van der Waals surface area (Å²) in [5, 5.41) is 0. The Hall–Kier alpha value is -2.31. The molecule has 0 N–H and O–H groups in total. The number of benzene rings is 2. The standard InChI is InChI=1S/C20H20ClNO4S/c1-14(21)27(24,25)18-5-3-4-15(10-18)12-22-9-8-16-6-7-17(26-2)11-19(16)20(22)13-23/h3-11,13-14,20H,12H2,1-2H3. The molecule has 27 heavy (non-hydrogen) atoms. The molecule has 1 heterocycles. The molecule has 142 valence electrons. The topological polar surface area (TPSA) is 63.7 Å². The number of fused-ring (bicyclic) bond motifs is 1. The number of ether oxygens (including phenoxy) is 1. The number of hydrogen-bond acceptors (Lipinski definition) is 5. The Balaban J connectivity index is 1.91. The summed E-state index contributed by atoms with van der Waals surface area (Å²) in [6.07, 6.45) is 4.65. The SMILES string of the molecule is COc1ccc2c(c1)C(C=O)N(Cc1cccc(S(=O)(=O)C(C)Cl)c1)C=C2. The molecule has 0 fully saturated rings. The van der Waals surface area contributed by atoms with E-state index in [0.29, 0.717) is 12.3 Å². The van der Waals surface area contributed by atoms with Crippen LogP contribution in [0.2, 0.25) is 0 Å². The minimum atomic E-state index is -3.57. The summed E-state index contributed by atoms with van der Waals surface area (Å²) in [6, 6.07) is 11.8. The van der Waals surface area contributed by atoms with E-state index in [1.165, 1.54) is 13.0 Å². The minimum Gasteiger partial charge on any atom is -0.497 e. The molecular formula is C20H20ClNO4S. The second-order valence-electron chi connectivity index (χ2n) is 6.30. The van der Waals surface area contributed by atoms with Crippen molar-refractivity contribution < 1.29 is 17.9 Å². The number of hydrogen-bond donors (Lipinski definition) is 0. The zero-order valence-corrected chi connectivity index (χ0v) is 16.6. The number of rotatable bonds is 6. The monoisotopic (exact) mass is 405 g/mol. The Bertz CT molecular complexity index is 985. The molecule has 7 heteroatoms. The average molecular weight is 406 g/mol. The van der Waals surface area contributed by atoms with E-state index in [4.69, 9.17) is 16.3 Å². The molecule has 0 bridgehead atoms. The largest absolute Gasteiger partial charge is 0.497 e. The van der Waals surface area contributed by atoms with Crippen LogP contribution in [0.4, 0.5) is 0 Å². The molecule has 3 rings (SSSR count). The molecule has 2 atom stereocenters. The van der Waals surface area contributed by atoms with Crippen molar-refractivity contribution in [3.8, 4) is 5.75 Å². The van der Waals surface area contributed by atoms with Gasteiger partial charge in [0.15, 0.2) is 9.84 Å². The zero-order valence-electron chi connectivity index (χ0n) is 15.0. The molecule has 2 aromatic carbocycles. The first kappa shape index (κ1) is 19.5. The lowest BCUT2D eigenvalue weighted by molar-refractivity contribution is -0.112. The lowest BCUT2D eigenvalue weighted by Gasteiger charge is -2.31. The van der Waals surface area contributed by atoms with Gasteiger partial charge in [-0.3, -0.25) is 0 Å². The molecule has 5 nitrogen and oxygen atoms in total. The third-order valence-corrected chi connectivity index (χ3v) is 7.03. The van der Waals surface area contributed by atoms with Crippen LogP contribution in [0.25, 0.3) is 6.08 Å². The Morgan fingerprint density at radius 2 is 2.04 bits per heavy atom. The van der Waals surface area contributed by atoms with Gasteiger partial charge in [0.05, 0.1) is 12.0 Å². The molecule has 0 spiro atoms. The summed E-state index contributed by atoms with van der Waals surface area (Å²) < 4.78 is 28.9. The molecular weight excluding hydrogens is 386 g/mol. The van der Waals surface area contributed by atoms with Crippen molar-refractivity contribution in [2.24, 2.45) is 0 Å². The number of alkyl halides is 1. The molecule has 0 aromatic heterocycles. The van der Waals surface area contributed by atoms with Crippen LogP contribution in [0.3, 0.4) is 0 Å². The Kier molecular flexibility index (Phi) is 5.58. The van der Waals surface area contributed by atoms with Gasteiger partial charge in [0.2, 0.25) is 0 Å². The zero-order chi connectivity index (χ0) is 19.6. The maximum absolute atomic E-state index is 12.3. The highest BCUT2D eigenvalue weighted by Crippen LogP contribution is 2.33. The minimum absolute atomic E-state index is 0.174. The third kappa shape index (κ3) is 3.87. The summed E-state index contributed by atoms with van der Waals surface area (Å²) in [5.41, 5.74) is 2.58. The fraction of sp³-hybridized carbons (Fsp3) is 0.250. The maximum Gasteiger partial charge on any atom is 0.194 e. The van der Waals surface area contributed by atoms with Crippen LogP contribution in [0.1, 0.15) is 29.7 Å². The van der Waals surface area contributed by atoms with Gasteiger partial charge in [-0.15, -0.1) is 11.6 Å². The summed E-state index contributed by atoms with van der Waals surface area (Å²) in [4.78, 5) is 13.8. The summed E-state index contributed by atoms with van der Waals surface area (Å²) in [6.45, 7) is 1.82. The highest BCUT2D eigenvalue weighted by atomic mass is 35.5. The molecule has 0 aliphatic carbocycles. The fourth-order valence-electron chi connectivity index (χ4n) is 3.06. The molecule has 0 saturated heterocycles. The molecule has 0 radical (unpaired) electrons. The lowest BCUT2D eigenvalue weighted by atomic mass is 9.96. The van der Waals surface area contributed by atoms with E-state index < -0.39 is 20.6 Å². The van der Waals surface area contributed by atoms with E-state index in [0.717, 1.165) is 23.0 Å². The number of sulfone groups is 1. The Morgan fingerprint density at radius 1 is 1.26 bits per heavy atom. The maximum atomic E-state index is 12.3. The number of carbonyl (C=O) groups excluding carboxylic acids is 1. The Morgan fingerprint density at radius 3 is 2.70 bits per heavy atom. The van der Waals surface area contributed by atoms with E-state index >= 15 is 0 Å². The van der Waals surface area contributed by atoms with Crippen molar-refractivity contribution in [2.45, 2.75) is 29.1 Å². The first-order valence-corrected chi connectivity index (χ1v) is 10.4. The van der Waals surface area contributed by atoms with Crippen LogP contribution in [0, 0.1) is 0 Å². The molecule has 2 unspecified atom stereocenters. The van der Waals surface area contributed by atoms with Crippen molar-refractivity contribution in [3.05, 3.63) is 65.4 Å². The predicted octanol–water partition coefficient (Wildman–Crippen LogP) is 3.78. The summed E-state index contributed by atoms with van der Waals surface area (Å²) in [7, 11) is -1.99. The van der Waals surface area contributed by atoms with Gasteiger partial charge in [-0.2, -0.15) is 0 Å².